The van der Waals surface area contributed by atoms with Crippen LogP contribution in [0.25, 0.3) is 28.0 Å². The van der Waals surface area contributed by atoms with Crippen LogP contribution in [0.4, 0.5) is 0 Å². The molecule has 0 amide bonds. The van der Waals surface area contributed by atoms with E-state index in [-0.39, 0.29) is 17.5 Å². The van der Waals surface area contributed by atoms with Gasteiger partial charge < -0.3 is 0 Å². The van der Waals surface area contributed by atoms with E-state index in [0.29, 0.717) is 5.69 Å². The van der Waals surface area contributed by atoms with Crippen molar-refractivity contribution in [3.05, 3.63) is 77.2 Å². The molecule has 6 heteroatoms. The standard InChI is InChI=1S/C24H21N5O/c25-16-18-10-4-5-11-20(18)29-22(30)14-13-19(26-29)23-21-12-6-7-15-28(21)27-24(23)17-8-2-1-3-9-17/h1-3,6-9,12-15,18,20H,4-5,10-11H2. The Morgan fingerprint density at radius 2 is 1.73 bits per heavy atom. The molecule has 5 rings (SSSR count). The molecule has 4 aromatic rings. The average Bonchev–Trinajstić information content (AvgIpc) is 3.20. The summed E-state index contributed by atoms with van der Waals surface area (Å²) >= 11 is 0. The van der Waals surface area contributed by atoms with E-state index in [1.54, 1.807) is 12.1 Å². The van der Waals surface area contributed by atoms with Gasteiger partial charge in [-0.3, -0.25) is 4.79 Å². The first-order valence-electron chi connectivity index (χ1n) is 10.3. The number of nitrogens with zero attached hydrogens (tertiary/aromatic N) is 5. The van der Waals surface area contributed by atoms with Crippen LogP contribution in [0, 0.1) is 17.2 Å². The molecular weight excluding hydrogens is 374 g/mol. The average molecular weight is 395 g/mol. The molecule has 0 saturated heterocycles. The molecule has 3 aromatic heterocycles. The largest absolute Gasteiger partial charge is 0.268 e. The van der Waals surface area contributed by atoms with Crippen molar-refractivity contribution in [2.45, 2.75) is 31.7 Å². The van der Waals surface area contributed by atoms with Crippen molar-refractivity contribution in [3.8, 4) is 28.6 Å². The summed E-state index contributed by atoms with van der Waals surface area (Å²) in [6, 6.07) is 21.4. The monoisotopic (exact) mass is 395 g/mol. The van der Waals surface area contributed by atoms with Crippen molar-refractivity contribution in [1.82, 2.24) is 19.4 Å². The van der Waals surface area contributed by atoms with E-state index in [9.17, 15) is 10.1 Å². The lowest BCUT2D eigenvalue weighted by atomic mass is 9.85. The Hall–Kier alpha value is -3.72. The van der Waals surface area contributed by atoms with Gasteiger partial charge in [0.05, 0.1) is 34.8 Å². The van der Waals surface area contributed by atoms with E-state index >= 15 is 0 Å². The summed E-state index contributed by atoms with van der Waals surface area (Å²) in [6.45, 7) is 0. The highest BCUT2D eigenvalue weighted by molar-refractivity contribution is 5.90. The number of aromatic nitrogens is 4. The molecule has 30 heavy (non-hydrogen) atoms. The van der Waals surface area contributed by atoms with Crippen molar-refractivity contribution >= 4 is 5.52 Å². The van der Waals surface area contributed by atoms with Gasteiger partial charge in [-0.15, -0.1) is 0 Å². The molecule has 0 N–H and O–H groups in total. The molecule has 0 spiro atoms. The number of rotatable bonds is 3. The molecular formula is C24H21N5O. The highest BCUT2D eigenvalue weighted by atomic mass is 16.1. The number of benzene rings is 1. The predicted octanol–water partition coefficient (Wildman–Crippen LogP) is 4.48. The summed E-state index contributed by atoms with van der Waals surface area (Å²) < 4.78 is 3.37. The lowest BCUT2D eigenvalue weighted by molar-refractivity contribution is 0.262. The molecule has 1 aliphatic carbocycles. The molecule has 1 saturated carbocycles. The molecule has 148 valence electrons. The lowest BCUT2D eigenvalue weighted by Crippen LogP contribution is -2.32. The Morgan fingerprint density at radius 3 is 2.57 bits per heavy atom. The van der Waals surface area contributed by atoms with Crippen LogP contribution in [-0.4, -0.2) is 19.4 Å². The highest BCUT2D eigenvalue weighted by Crippen LogP contribution is 2.35. The maximum atomic E-state index is 12.7. The SMILES string of the molecule is N#CC1CCCCC1n1nc(-c2c(-c3ccccc3)nn3ccccc23)ccc1=O. The minimum Gasteiger partial charge on any atom is -0.268 e. The fourth-order valence-electron chi connectivity index (χ4n) is 4.40. The van der Waals surface area contributed by atoms with Crippen LogP contribution < -0.4 is 5.56 Å². The van der Waals surface area contributed by atoms with Gasteiger partial charge in [0.1, 0.15) is 5.69 Å². The van der Waals surface area contributed by atoms with Gasteiger partial charge in [0, 0.05) is 17.8 Å². The second-order valence-corrected chi connectivity index (χ2v) is 7.71. The van der Waals surface area contributed by atoms with Gasteiger partial charge in [0.2, 0.25) is 0 Å². The molecule has 1 fully saturated rings. The Kier molecular flexibility index (Phi) is 4.64. The van der Waals surface area contributed by atoms with E-state index in [1.807, 2.05) is 59.2 Å². The second kappa shape index (κ2) is 7.60. The Bertz CT molecular complexity index is 1300. The maximum absolute atomic E-state index is 12.7. The van der Waals surface area contributed by atoms with E-state index in [1.165, 1.54) is 4.68 Å². The maximum Gasteiger partial charge on any atom is 0.267 e. The molecule has 2 unspecified atom stereocenters. The first-order chi connectivity index (χ1) is 14.8. The Balaban J connectivity index is 1.72. The van der Waals surface area contributed by atoms with Gasteiger partial charge in [-0.1, -0.05) is 49.2 Å². The minimum atomic E-state index is -0.184. The zero-order chi connectivity index (χ0) is 20.5. The summed E-state index contributed by atoms with van der Waals surface area (Å²) in [6.07, 6.45) is 5.55. The van der Waals surface area contributed by atoms with Crippen LogP contribution >= 0.6 is 0 Å². The summed E-state index contributed by atoms with van der Waals surface area (Å²) in [5.74, 6) is -0.184. The first kappa shape index (κ1) is 18.3. The summed E-state index contributed by atoms with van der Waals surface area (Å²) in [7, 11) is 0. The van der Waals surface area contributed by atoms with Gasteiger partial charge in [-0.25, -0.2) is 9.20 Å². The van der Waals surface area contributed by atoms with E-state index in [0.717, 1.165) is 48.0 Å². The van der Waals surface area contributed by atoms with Gasteiger partial charge in [-0.05, 0) is 31.0 Å². The molecule has 0 aliphatic heterocycles. The third kappa shape index (κ3) is 3.09. The normalized spacial score (nSPS) is 18.9. The third-order valence-electron chi connectivity index (χ3n) is 5.88. The first-order valence-corrected chi connectivity index (χ1v) is 10.3. The van der Waals surface area contributed by atoms with Crippen LogP contribution in [0.5, 0.6) is 0 Å². The lowest BCUT2D eigenvalue weighted by Gasteiger charge is -2.27. The molecule has 0 radical (unpaired) electrons. The smallest absolute Gasteiger partial charge is 0.267 e. The zero-order valence-electron chi connectivity index (χ0n) is 16.5. The minimum absolute atomic E-state index is 0.163. The van der Waals surface area contributed by atoms with Crippen molar-refractivity contribution in [2.24, 2.45) is 5.92 Å². The quantitative estimate of drug-likeness (QED) is 0.512. The summed E-state index contributed by atoms with van der Waals surface area (Å²) in [5, 5.41) is 19.2. The summed E-state index contributed by atoms with van der Waals surface area (Å²) in [4.78, 5) is 12.7. The van der Waals surface area contributed by atoms with Crippen LogP contribution in [0.1, 0.15) is 31.7 Å². The molecule has 6 nitrogen and oxygen atoms in total. The van der Waals surface area contributed by atoms with Gasteiger partial charge in [0.15, 0.2) is 0 Å². The number of hydrogen-bond donors (Lipinski definition) is 0. The number of hydrogen-bond acceptors (Lipinski definition) is 4. The Labute approximate surface area is 174 Å². The fraction of sp³-hybridized carbons (Fsp3) is 0.250. The predicted molar refractivity (Wildman–Crippen MR) is 115 cm³/mol. The Morgan fingerprint density at radius 1 is 0.933 bits per heavy atom. The molecule has 1 aromatic carbocycles. The fourth-order valence-corrected chi connectivity index (χ4v) is 4.40. The van der Waals surface area contributed by atoms with Crippen LogP contribution in [0.2, 0.25) is 0 Å². The van der Waals surface area contributed by atoms with Crippen LogP contribution in [-0.2, 0) is 0 Å². The van der Waals surface area contributed by atoms with Crippen molar-refractivity contribution < 1.29 is 0 Å². The van der Waals surface area contributed by atoms with E-state index < -0.39 is 0 Å². The number of nitriles is 1. The van der Waals surface area contributed by atoms with E-state index in [2.05, 4.69) is 6.07 Å². The van der Waals surface area contributed by atoms with Crippen molar-refractivity contribution in [2.75, 3.05) is 0 Å². The highest BCUT2D eigenvalue weighted by Gasteiger charge is 2.29. The van der Waals surface area contributed by atoms with E-state index in [4.69, 9.17) is 10.2 Å². The second-order valence-electron chi connectivity index (χ2n) is 7.71. The van der Waals surface area contributed by atoms with Gasteiger partial charge >= 0.3 is 0 Å². The third-order valence-corrected chi connectivity index (χ3v) is 5.88. The number of fused-ring (bicyclic) bond motifs is 1. The van der Waals surface area contributed by atoms with Gasteiger partial charge in [-0.2, -0.15) is 15.5 Å². The molecule has 0 bridgehead atoms. The number of pyridine rings is 1. The van der Waals surface area contributed by atoms with Gasteiger partial charge in [0.25, 0.3) is 5.56 Å². The zero-order valence-corrected chi connectivity index (χ0v) is 16.5. The molecule has 2 atom stereocenters. The van der Waals surface area contributed by atoms with Crippen molar-refractivity contribution in [1.29, 1.82) is 5.26 Å². The van der Waals surface area contributed by atoms with Crippen LogP contribution in [0.15, 0.2) is 71.7 Å². The van der Waals surface area contributed by atoms with Crippen LogP contribution in [0.3, 0.4) is 0 Å². The summed E-state index contributed by atoms with van der Waals surface area (Å²) in [5.41, 5.74) is 4.15. The topological polar surface area (TPSA) is 76.0 Å². The van der Waals surface area contributed by atoms with Crippen molar-refractivity contribution in [3.63, 3.8) is 0 Å². The molecule has 3 heterocycles. The molecule has 1 aliphatic rings.